The highest BCUT2D eigenvalue weighted by Crippen LogP contribution is 2.11. The monoisotopic (exact) mass is 355 g/mol. The van der Waals surface area contributed by atoms with Gasteiger partial charge in [-0.2, -0.15) is 0 Å². The first-order valence-corrected chi connectivity index (χ1v) is 8.89. The summed E-state index contributed by atoms with van der Waals surface area (Å²) in [4.78, 5) is 30.5. The van der Waals surface area contributed by atoms with Gasteiger partial charge in [-0.05, 0) is 31.2 Å². The fraction of sp³-hybridized carbons (Fsp3) is 0.400. The summed E-state index contributed by atoms with van der Waals surface area (Å²) in [6.07, 6.45) is 0. The Morgan fingerprint density at radius 2 is 1.73 bits per heavy atom. The van der Waals surface area contributed by atoms with Crippen LogP contribution in [-0.4, -0.2) is 66.3 Å². The Kier molecular flexibility index (Phi) is 5.73. The van der Waals surface area contributed by atoms with E-state index in [2.05, 4.69) is 4.90 Å². The Morgan fingerprint density at radius 3 is 2.35 bits per heavy atom. The zero-order valence-corrected chi connectivity index (χ0v) is 15.4. The summed E-state index contributed by atoms with van der Waals surface area (Å²) in [5.41, 5.74) is 0.713. The van der Waals surface area contributed by atoms with Crippen LogP contribution in [-0.2, 0) is 11.3 Å². The van der Waals surface area contributed by atoms with Gasteiger partial charge in [-0.15, -0.1) is 0 Å². The molecule has 2 heterocycles. The summed E-state index contributed by atoms with van der Waals surface area (Å²) >= 11 is 0. The number of aryl methyl sites for hydroxylation is 1. The van der Waals surface area contributed by atoms with Crippen LogP contribution < -0.4 is 0 Å². The van der Waals surface area contributed by atoms with E-state index in [0.717, 1.165) is 11.5 Å². The molecule has 1 aromatic carbocycles. The van der Waals surface area contributed by atoms with Gasteiger partial charge >= 0.3 is 0 Å². The average Bonchev–Trinajstić information content (AvgIpc) is 3.07. The van der Waals surface area contributed by atoms with Gasteiger partial charge in [-0.3, -0.25) is 14.5 Å². The molecular formula is C20H25N3O3. The third-order valence-corrected chi connectivity index (χ3v) is 4.65. The highest BCUT2D eigenvalue weighted by atomic mass is 16.3. The largest absolute Gasteiger partial charge is 0.464 e. The molecule has 6 heteroatoms. The number of piperazine rings is 1. The van der Waals surface area contributed by atoms with Gasteiger partial charge in [-0.1, -0.05) is 18.2 Å². The number of nitrogens with zero attached hydrogens (tertiary/aromatic N) is 3. The molecule has 0 radical (unpaired) electrons. The predicted molar refractivity (Wildman–Crippen MR) is 98.7 cm³/mol. The van der Waals surface area contributed by atoms with Crippen LogP contribution in [0.15, 0.2) is 46.9 Å². The molecule has 2 aromatic rings. The minimum atomic E-state index is 0.0573. The zero-order chi connectivity index (χ0) is 18.5. The van der Waals surface area contributed by atoms with Gasteiger partial charge in [0.1, 0.15) is 11.5 Å². The second kappa shape index (κ2) is 8.19. The highest BCUT2D eigenvalue weighted by Gasteiger charge is 2.24. The SMILES string of the molecule is Cc1ccc(CN(C)C(=O)CN2CCN(C(=O)c3ccccc3)CC2)o1. The summed E-state index contributed by atoms with van der Waals surface area (Å²) in [5.74, 6) is 1.75. The van der Waals surface area contributed by atoms with E-state index in [1.807, 2.05) is 54.3 Å². The van der Waals surface area contributed by atoms with Crippen molar-refractivity contribution >= 4 is 11.8 Å². The van der Waals surface area contributed by atoms with Crippen LogP contribution in [0.3, 0.4) is 0 Å². The molecular weight excluding hydrogens is 330 g/mol. The number of hydrogen-bond acceptors (Lipinski definition) is 4. The number of likely N-dealkylation sites (N-methyl/N-ethyl adjacent to an activating group) is 1. The molecule has 138 valence electrons. The molecule has 0 aliphatic carbocycles. The number of amides is 2. The van der Waals surface area contributed by atoms with E-state index in [-0.39, 0.29) is 11.8 Å². The first-order chi connectivity index (χ1) is 12.5. The summed E-state index contributed by atoms with van der Waals surface area (Å²) < 4.78 is 5.53. The van der Waals surface area contributed by atoms with Crippen molar-refractivity contribution in [3.05, 3.63) is 59.5 Å². The molecule has 0 unspecified atom stereocenters. The Morgan fingerprint density at radius 1 is 1.04 bits per heavy atom. The number of carbonyl (C=O) groups excluding carboxylic acids is 2. The van der Waals surface area contributed by atoms with Crippen molar-refractivity contribution < 1.29 is 14.0 Å². The van der Waals surface area contributed by atoms with Crippen molar-refractivity contribution in [2.75, 3.05) is 39.8 Å². The standard InChI is InChI=1S/C20H25N3O3/c1-16-8-9-18(26-16)14-21(2)19(24)15-22-10-12-23(13-11-22)20(25)17-6-4-3-5-7-17/h3-9H,10-15H2,1-2H3. The Bertz CT molecular complexity index is 749. The molecule has 1 aromatic heterocycles. The van der Waals surface area contributed by atoms with Crippen molar-refractivity contribution in [3.63, 3.8) is 0 Å². The van der Waals surface area contributed by atoms with Crippen LogP contribution in [0.2, 0.25) is 0 Å². The normalized spacial score (nSPS) is 15.1. The zero-order valence-electron chi connectivity index (χ0n) is 15.4. The molecule has 0 N–H and O–H groups in total. The number of furan rings is 1. The van der Waals surface area contributed by atoms with Crippen molar-refractivity contribution in [2.24, 2.45) is 0 Å². The molecule has 3 rings (SSSR count). The molecule has 6 nitrogen and oxygen atoms in total. The Labute approximate surface area is 154 Å². The molecule has 0 spiro atoms. The average molecular weight is 355 g/mol. The lowest BCUT2D eigenvalue weighted by Gasteiger charge is -2.35. The van der Waals surface area contributed by atoms with Crippen LogP contribution in [0.4, 0.5) is 0 Å². The maximum atomic E-state index is 12.5. The number of carbonyl (C=O) groups is 2. The Balaban J connectivity index is 1.46. The topological polar surface area (TPSA) is 57.0 Å². The molecule has 0 saturated carbocycles. The summed E-state index contributed by atoms with van der Waals surface area (Å²) in [6.45, 7) is 5.42. The second-order valence-electron chi connectivity index (χ2n) is 6.70. The van der Waals surface area contributed by atoms with Crippen LogP contribution in [0.1, 0.15) is 21.9 Å². The van der Waals surface area contributed by atoms with Gasteiger partial charge in [0.25, 0.3) is 5.91 Å². The van der Waals surface area contributed by atoms with Crippen LogP contribution in [0.25, 0.3) is 0 Å². The highest BCUT2D eigenvalue weighted by molar-refractivity contribution is 5.94. The fourth-order valence-electron chi connectivity index (χ4n) is 3.08. The van der Waals surface area contributed by atoms with E-state index in [1.54, 1.807) is 11.9 Å². The first-order valence-electron chi connectivity index (χ1n) is 8.89. The van der Waals surface area contributed by atoms with Crippen molar-refractivity contribution in [1.82, 2.24) is 14.7 Å². The van der Waals surface area contributed by atoms with E-state index >= 15 is 0 Å². The third kappa shape index (κ3) is 4.52. The minimum absolute atomic E-state index is 0.0573. The second-order valence-corrected chi connectivity index (χ2v) is 6.70. The molecule has 1 saturated heterocycles. The fourth-order valence-corrected chi connectivity index (χ4v) is 3.08. The van der Waals surface area contributed by atoms with Crippen molar-refractivity contribution in [1.29, 1.82) is 0 Å². The van der Waals surface area contributed by atoms with Crippen LogP contribution >= 0.6 is 0 Å². The third-order valence-electron chi connectivity index (χ3n) is 4.65. The van der Waals surface area contributed by atoms with E-state index in [9.17, 15) is 9.59 Å². The predicted octanol–water partition coefficient (Wildman–Crippen LogP) is 2.00. The maximum Gasteiger partial charge on any atom is 0.253 e. The summed E-state index contributed by atoms with van der Waals surface area (Å²) in [7, 11) is 1.79. The van der Waals surface area contributed by atoms with Gasteiger partial charge in [-0.25, -0.2) is 0 Å². The maximum absolute atomic E-state index is 12.5. The molecule has 1 aliphatic heterocycles. The van der Waals surface area contributed by atoms with E-state index < -0.39 is 0 Å². The van der Waals surface area contributed by atoms with Gasteiger partial charge in [0.2, 0.25) is 5.91 Å². The molecule has 1 fully saturated rings. The van der Waals surface area contributed by atoms with Gasteiger partial charge in [0, 0.05) is 38.8 Å². The van der Waals surface area contributed by atoms with Gasteiger partial charge in [0.05, 0.1) is 13.1 Å². The quantitative estimate of drug-likeness (QED) is 0.823. The number of rotatable bonds is 5. The Hall–Kier alpha value is -2.60. The van der Waals surface area contributed by atoms with Crippen LogP contribution in [0, 0.1) is 6.92 Å². The van der Waals surface area contributed by atoms with Gasteiger partial charge < -0.3 is 14.2 Å². The minimum Gasteiger partial charge on any atom is -0.464 e. The van der Waals surface area contributed by atoms with E-state index in [1.165, 1.54) is 0 Å². The lowest BCUT2D eigenvalue weighted by molar-refractivity contribution is -0.132. The summed E-state index contributed by atoms with van der Waals surface area (Å²) in [6, 6.07) is 13.1. The van der Waals surface area contributed by atoms with Crippen molar-refractivity contribution in [2.45, 2.75) is 13.5 Å². The molecule has 1 aliphatic rings. The molecule has 26 heavy (non-hydrogen) atoms. The summed E-state index contributed by atoms with van der Waals surface area (Å²) in [5, 5.41) is 0. The lowest BCUT2D eigenvalue weighted by atomic mass is 10.2. The molecule has 0 atom stereocenters. The van der Waals surface area contributed by atoms with E-state index in [4.69, 9.17) is 4.42 Å². The molecule has 2 amide bonds. The number of benzene rings is 1. The van der Waals surface area contributed by atoms with Gasteiger partial charge in [0.15, 0.2) is 0 Å². The van der Waals surface area contributed by atoms with Crippen LogP contribution in [0.5, 0.6) is 0 Å². The molecule has 0 bridgehead atoms. The smallest absolute Gasteiger partial charge is 0.253 e. The number of hydrogen-bond donors (Lipinski definition) is 0. The lowest BCUT2D eigenvalue weighted by Crippen LogP contribution is -2.51. The first kappa shape index (κ1) is 18.2. The van der Waals surface area contributed by atoms with Crippen molar-refractivity contribution in [3.8, 4) is 0 Å². The van der Waals surface area contributed by atoms with E-state index in [0.29, 0.717) is 44.8 Å².